The van der Waals surface area contributed by atoms with Gasteiger partial charge >= 0.3 is 6.03 Å². The number of nitrogens with one attached hydrogen (secondary N) is 1. The molecule has 2 amide bonds. The number of carbonyl (C=O) groups excluding carboxylic acids is 1. The van der Waals surface area contributed by atoms with Crippen molar-refractivity contribution >= 4 is 6.03 Å². The highest BCUT2D eigenvalue weighted by atomic mass is 16.3. The van der Waals surface area contributed by atoms with E-state index in [0.717, 1.165) is 6.42 Å². The minimum Gasteiger partial charge on any atom is -0.395 e. The summed E-state index contributed by atoms with van der Waals surface area (Å²) in [4.78, 5) is 13.4. The summed E-state index contributed by atoms with van der Waals surface area (Å²) in [6.07, 6.45) is 0.826. The summed E-state index contributed by atoms with van der Waals surface area (Å²) in [5.74, 6) is 0.251. The zero-order valence-corrected chi connectivity index (χ0v) is 13.5. The van der Waals surface area contributed by atoms with Crippen LogP contribution in [0.3, 0.4) is 0 Å². The number of aliphatic hydroxyl groups excluding tert-OH is 1. The van der Waals surface area contributed by atoms with Gasteiger partial charge in [-0.15, -0.1) is 0 Å². The van der Waals surface area contributed by atoms with Crippen LogP contribution in [0.15, 0.2) is 60.7 Å². The highest BCUT2D eigenvalue weighted by Crippen LogP contribution is 2.27. The summed E-state index contributed by atoms with van der Waals surface area (Å²) in [7, 11) is 1.68. The molecule has 0 fully saturated rings. The van der Waals surface area contributed by atoms with E-state index in [1.165, 1.54) is 16.0 Å². The van der Waals surface area contributed by atoms with Gasteiger partial charge in [0.1, 0.15) is 0 Å². The third kappa shape index (κ3) is 5.11. The smallest absolute Gasteiger partial charge is 0.317 e. The second-order valence-corrected chi connectivity index (χ2v) is 5.54. The van der Waals surface area contributed by atoms with Gasteiger partial charge in [-0.3, -0.25) is 0 Å². The summed E-state index contributed by atoms with van der Waals surface area (Å²) < 4.78 is 0. The molecule has 4 heteroatoms. The minimum atomic E-state index is -0.154. The molecule has 2 aromatic rings. The molecule has 0 aromatic heterocycles. The maximum absolute atomic E-state index is 11.9. The number of benzene rings is 2. The third-order valence-electron chi connectivity index (χ3n) is 3.90. The molecule has 0 radical (unpaired) electrons. The number of amides is 2. The fourth-order valence-corrected chi connectivity index (χ4v) is 2.61. The molecule has 0 spiro atoms. The lowest BCUT2D eigenvalue weighted by atomic mass is 9.88. The Morgan fingerprint density at radius 1 is 1.04 bits per heavy atom. The molecule has 0 bridgehead atoms. The van der Waals surface area contributed by atoms with Gasteiger partial charge in [0.05, 0.1) is 6.61 Å². The van der Waals surface area contributed by atoms with E-state index in [-0.39, 0.29) is 18.6 Å². The van der Waals surface area contributed by atoms with E-state index in [1.807, 2.05) is 36.4 Å². The average Bonchev–Trinajstić information content (AvgIpc) is 2.60. The standard InChI is InChI=1S/C19H24N2O2/c1-21(14-15-22)19(23)20-13-12-18(16-8-4-2-5-9-16)17-10-6-3-7-11-17/h2-11,18,22H,12-15H2,1H3,(H,20,23). The number of carbonyl (C=O) groups is 1. The maximum atomic E-state index is 11.9. The first-order chi connectivity index (χ1) is 11.2. The van der Waals surface area contributed by atoms with Crippen LogP contribution >= 0.6 is 0 Å². The van der Waals surface area contributed by atoms with Crippen molar-refractivity contribution in [1.82, 2.24) is 10.2 Å². The molecule has 0 saturated heterocycles. The van der Waals surface area contributed by atoms with Crippen LogP contribution < -0.4 is 5.32 Å². The fraction of sp³-hybridized carbons (Fsp3) is 0.316. The van der Waals surface area contributed by atoms with Crippen LogP contribution in [0.4, 0.5) is 4.79 Å². The minimum absolute atomic E-state index is 0.0272. The Kier molecular flexibility index (Phi) is 6.63. The van der Waals surface area contributed by atoms with Gasteiger partial charge in [-0.05, 0) is 17.5 Å². The largest absolute Gasteiger partial charge is 0.395 e. The highest BCUT2D eigenvalue weighted by molar-refractivity contribution is 5.73. The van der Waals surface area contributed by atoms with E-state index >= 15 is 0 Å². The van der Waals surface area contributed by atoms with Crippen molar-refractivity contribution in [2.75, 3.05) is 26.7 Å². The van der Waals surface area contributed by atoms with Crippen LogP contribution in [0, 0.1) is 0 Å². The monoisotopic (exact) mass is 312 g/mol. The molecule has 2 N–H and O–H groups in total. The van der Waals surface area contributed by atoms with Crippen LogP contribution in [0.25, 0.3) is 0 Å². The van der Waals surface area contributed by atoms with Crippen molar-refractivity contribution in [1.29, 1.82) is 0 Å². The van der Waals surface area contributed by atoms with Gasteiger partial charge in [0.2, 0.25) is 0 Å². The number of nitrogens with zero attached hydrogens (tertiary/aromatic N) is 1. The number of hydrogen-bond donors (Lipinski definition) is 2. The summed E-state index contributed by atoms with van der Waals surface area (Å²) >= 11 is 0. The quantitative estimate of drug-likeness (QED) is 0.826. The van der Waals surface area contributed by atoms with Gasteiger partial charge < -0.3 is 15.3 Å². The van der Waals surface area contributed by atoms with Crippen molar-refractivity contribution in [2.45, 2.75) is 12.3 Å². The summed E-state index contributed by atoms with van der Waals surface area (Å²) in [6, 6.07) is 20.5. The molecule has 4 nitrogen and oxygen atoms in total. The van der Waals surface area contributed by atoms with Gasteiger partial charge in [-0.2, -0.15) is 0 Å². The van der Waals surface area contributed by atoms with Crippen LogP contribution in [-0.4, -0.2) is 42.8 Å². The van der Waals surface area contributed by atoms with Gasteiger partial charge in [-0.25, -0.2) is 4.79 Å². The Morgan fingerprint density at radius 2 is 1.57 bits per heavy atom. The second-order valence-electron chi connectivity index (χ2n) is 5.54. The van der Waals surface area contributed by atoms with E-state index in [0.29, 0.717) is 13.1 Å². The fourth-order valence-electron chi connectivity index (χ4n) is 2.61. The number of urea groups is 1. The molecule has 0 saturated carbocycles. The van der Waals surface area contributed by atoms with Gasteiger partial charge in [0, 0.05) is 26.1 Å². The van der Waals surface area contributed by atoms with E-state index < -0.39 is 0 Å². The van der Waals surface area contributed by atoms with E-state index in [4.69, 9.17) is 5.11 Å². The van der Waals surface area contributed by atoms with Crippen LogP contribution in [-0.2, 0) is 0 Å². The number of hydrogen-bond acceptors (Lipinski definition) is 2. The van der Waals surface area contributed by atoms with E-state index in [2.05, 4.69) is 29.6 Å². The molecule has 2 rings (SSSR count). The van der Waals surface area contributed by atoms with Crippen molar-refractivity contribution in [3.05, 3.63) is 71.8 Å². The normalized spacial score (nSPS) is 10.6. The Labute approximate surface area is 137 Å². The first-order valence-corrected chi connectivity index (χ1v) is 7.92. The van der Waals surface area contributed by atoms with E-state index in [9.17, 15) is 4.79 Å². The summed E-state index contributed by atoms with van der Waals surface area (Å²) in [5.41, 5.74) is 2.49. The van der Waals surface area contributed by atoms with E-state index in [1.54, 1.807) is 7.05 Å². The lowest BCUT2D eigenvalue weighted by molar-refractivity contribution is 0.190. The Morgan fingerprint density at radius 3 is 2.04 bits per heavy atom. The van der Waals surface area contributed by atoms with Crippen molar-refractivity contribution in [3.63, 3.8) is 0 Å². The zero-order chi connectivity index (χ0) is 16.5. The van der Waals surface area contributed by atoms with Crippen molar-refractivity contribution in [2.24, 2.45) is 0 Å². The first-order valence-electron chi connectivity index (χ1n) is 7.92. The predicted octanol–water partition coefficient (Wildman–Crippen LogP) is 2.84. The van der Waals surface area contributed by atoms with Crippen LogP contribution in [0.1, 0.15) is 23.5 Å². The number of rotatable bonds is 7. The second kappa shape index (κ2) is 8.96. The Balaban J connectivity index is 2.01. The first kappa shape index (κ1) is 17.0. The zero-order valence-electron chi connectivity index (χ0n) is 13.5. The SMILES string of the molecule is CN(CCO)C(=O)NCCC(c1ccccc1)c1ccccc1. The number of aliphatic hydroxyl groups is 1. The molecule has 0 aliphatic heterocycles. The molecule has 23 heavy (non-hydrogen) atoms. The molecule has 0 heterocycles. The Bertz CT molecular complexity index is 547. The van der Waals surface area contributed by atoms with Crippen LogP contribution in [0.2, 0.25) is 0 Å². The molecular weight excluding hydrogens is 288 g/mol. The topological polar surface area (TPSA) is 52.6 Å². The maximum Gasteiger partial charge on any atom is 0.317 e. The molecule has 0 aliphatic carbocycles. The van der Waals surface area contributed by atoms with Crippen molar-refractivity contribution < 1.29 is 9.90 Å². The summed E-state index contributed by atoms with van der Waals surface area (Å²) in [6.45, 7) is 0.899. The summed E-state index contributed by atoms with van der Waals surface area (Å²) in [5, 5.41) is 11.8. The lowest BCUT2D eigenvalue weighted by Crippen LogP contribution is -2.39. The Hall–Kier alpha value is -2.33. The van der Waals surface area contributed by atoms with Gasteiger partial charge in [0.15, 0.2) is 0 Å². The number of likely N-dealkylation sites (N-methyl/N-ethyl adjacent to an activating group) is 1. The molecule has 0 aliphatic rings. The van der Waals surface area contributed by atoms with Gasteiger partial charge in [-0.1, -0.05) is 60.7 Å². The highest BCUT2D eigenvalue weighted by Gasteiger charge is 2.14. The molecule has 0 atom stereocenters. The van der Waals surface area contributed by atoms with Crippen molar-refractivity contribution in [3.8, 4) is 0 Å². The average molecular weight is 312 g/mol. The van der Waals surface area contributed by atoms with Crippen LogP contribution in [0.5, 0.6) is 0 Å². The lowest BCUT2D eigenvalue weighted by Gasteiger charge is -2.20. The third-order valence-corrected chi connectivity index (χ3v) is 3.90. The predicted molar refractivity (Wildman–Crippen MR) is 92.5 cm³/mol. The molecule has 2 aromatic carbocycles. The molecule has 122 valence electrons. The molecule has 0 unspecified atom stereocenters. The molecular formula is C19H24N2O2. The van der Waals surface area contributed by atoms with Gasteiger partial charge in [0.25, 0.3) is 0 Å².